The van der Waals surface area contributed by atoms with Crippen molar-refractivity contribution in [3.63, 3.8) is 0 Å². The van der Waals surface area contributed by atoms with Crippen LogP contribution in [0.3, 0.4) is 0 Å². The fraction of sp³-hybridized carbons (Fsp3) is 0. The van der Waals surface area contributed by atoms with Gasteiger partial charge in [0.05, 0.1) is 36.3 Å². The highest BCUT2D eigenvalue weighted by Crippen LogP contribution is 2.44. The number of hydrogen-bond donors (Lipinski definition) is 0. The molecule has 0 aliphatic rings. The lowest BCUT2D eigenvalue weighted by atomic mass is 9.92. The Morgan fingerprint density at radius 2 is 1.26 bits per heavy atom. The van der Waals surface area contributed by atoms with Gasteiger partial charge in [0.15, 0.2) is 11.4 Å². The number of aromatic nitrogens is 1. The van der Waals surface area contributed by atoms with Crippen molar-refractivity contribution in [1.82, 2.24) is 4.57 Å². The van der Waals surface area contributed by atoms with Crippen LogP contribution in [0.1, 0.15) is 11.1 Å². The summed E-state index contributed by atoms with van der Waals surface area (Å²) in [6, 6.07) is 36.8. The second-order valence-corrected chi connectivity index (χ2v) is 8.95. The van der Waals surface area contributed by atoms with Crippen molar-refractivity contribution in [1.29, 1.82) is 10.5 Å². The first kappa shape index (κ1) is 23.3. The smallest absolute Gasteiger partial charge is 0.196 e. The van der Waals surface area contributed by atoms with E-state index in [1.165, 1.54) is 0 Å². The maximum absolute atomic E-state index is 9.96. The highest BCUT2D eigenvalue weighted by atomic mass is 15.0. The van der Waals surface area contributed by atoms with E-state index in [9.17, 15) is 10.5 Å². The summed E-state index contributed by atoms with van der Waals surface area (Å²) >= 11 is 0. The molecule has 1 aromatic heterocycles. The molecule has 0 atom stereocenters. The Bertz CT molecular complexity index is 2040. The quantitative estimate of drug-likeness (QED) is 0.230. The van der Waals surface area contributed by atoms with Crippen molar-refractivity contribution in [2.45, 2.75) is 0 Å². The van der Waals surface area contributed by atoms with E-state index in [0.29, 0.717) is 33.6 Å². The second kappa shape index (κ2) is 9.38. The monoisotopic (exact) mass is 495 g/mol. The number of nitrogens with zero attached hydrogens (tertiary/aromatic N) is 5. The van der Waals surface area contributed by atoms with Gasteiger partial charge in [-0.05, 0) is 53.6 Å². The van der Waals surface area contributed by atoms with Crippen LogP contribution in [-0.4, -0.2) is 4.57 Å². The second-order valence-electron chi connectivity index (χ2n) is 8.95. The van der Waals surface area contributed by atoms with Crippen molar-refractivity contribution < 1.29 is 0 Å². The Kier molecular flexibility index (Phi) is 5.60. The van der Waals surface area contributed by atoms with Crippen LogP contribution in [0.2, 0.25) is 0 Å². The molecule has 39 heavy (non-hydrogen) atoms. The zero-order valence-electron chi connectivity index (χ0n) is 20.6. The van der Waals surface area contributed by atoms with Gasteiger partial charge >= 0.3 is 0 Å². The molecule has 0 spiro atoms. The summed E-state index contributed by atoms with van der Waals surface area (Å²) in [6.45, 7) is 15.5. The van der Waals surface area contributed by atoms with Gasteiger partial charge in [-0.25, -0.2) is 9.69 Å². The van der Waals surface area contributed by atoms with Crippen LogP contribution >= 0.6 is 0 Å². The predicted octanol–water partition coefficient (Wildman–Crippen LogP) is 8.96. The normalized spacial score (nSPS) is 10.5. The van der Waals surface area contributed by atoms with E-state index >= 15 is 0 Å². The van der Waals surface area contributed by atoms with Gasteiger partial charge in [0, 0.05) is 38.7 Å². The number of nitriles is 2. The van der Waals surface area contributed by atoms with Crippen LogP contribution in [0.25, 0.3) is 59.4 Å². The summed E-state index contributed by atoms with van der Waals surface area (Å²) in [5, 5.41) is 21.6. The molecular formula is C34H17N5. The van der Waals surface area contributed by atoms with Gasteiger partial charge in [-0.3, -0.25) is 0 Å². The van der Waals surface area contributed by atoms with Gasteiger partial charge in [0.1, 0.15) is 0 Å². The summed E-state index contributed by atoms with van der Waals surface area (Å²) < 4.78 is 2.16. The van der Waals surface area contributed by atoms with Crippen LogP contribution in [0, 0.1) is 35.8 Å². The Hall–Kier alpha value is -6.14. The van der Waals surface area contributed by atoms with Crippen molar-refractivity contribution in [3.8, 4) is 40.1 Å². The van der Waals surface area contributed by atoms with E-state index in [1.54, 1.807) is 36.4 Å². The van der Waals surface area contributed by atoms with Crippen molar-refractivity contribution >= 4 is 33.2 Å². The molecule has 0 aliphatic carbocycles. The number of para-hydroxylation sites is 1. The van der Waals surface area contributed by atoms with Crippen LogP contribution in [0.15, 0.2) is 103 Å². The highest BCUT2D eigenvalue weighted by Gasteiger charge is 2.21. The van der Waals surface area contributed by atoms with Gasteiger partial charge in [0.25, 0.3) is 0 Å². The molecule has 5 aromatic carbocycles. The average Bonchev–Trinajstić information content (AvgIpc) is 3.34. The maximum Gasteiger partial charge on any atom is 0.196 e. The minimum Gasteiger partial charge on any atom is -0.309 e. The number of benzene rings is 5. The first-order chi connectivity index (χ1) is 19.2. The third-order valence-corrected chi connectivity index (χ3v) is 6.93. The SMILES string of the molecule is [C-]#[N+]c1cccc(C#N)c1-c1ccc2c(c1)c1c(-c3c(C#N)cccc3[N+]#[C-])cccc1n2-c1ccccc1. The summed E-state index contributed by atoms with van der Waals surface area (Å²) in [4.78, 5) is 7.43. The molecule has 1 heterocycles. The summed E-state index contributed by atoms with van der Waals surface area (Å²) in [7, 11) is 0. The first-order valence-corrected chi connectivity index (χ1v) is 12.1. The molecule has 6 rings (SSSR count). The van der Waals surface area contributed by atoms with Gasteiger partial charge < -0.3 is 4.57 Å². The Labute approximate surface area is 225 Å². The molecule has 5 heteroatoms. The van der Waals surface area contributed by atoms with Crippen molar-refractivity contribution in [3.05, 3.63) is 137 Å². The minimum atomic E-state index is 0.406. The number of fused-ring (bicyclic) bond motifs is 3. The summed E-state index contributed by atoms with van der Waals surface area (Å²) in [6.07, 6.45) is 0. The molecule has 6 aromatic rings. The standard InChI is InChI=1S/C34H17N5/c1-37-28-14-6-9-23(20-35)32(28)22-17-18-30-27(19-22)34-26(33-24(21-36)10-7-15-29(33)38-2)13-8-16-31(34)39(30)25-11-4-3-5-12-25/h3-19H. The molecule has 0 unspecified atom stereocenters. The van der Waals surface area contributed by atoms with Crippen molar-refractivity contribution in [2.24, 2.45) is 0 Å². The fourth-order valence-electron chi connectivity index (χ4n) is 5.33. The Balaban J connectivity index is 1.81. The van der Waals surface area contributed by atoms with Gasteiger partial charge in [-0.1, -0.05) is 60.7 Å². The molecule has 0 fully saturated rings. The van der Waals surface area contributed by atoms with E-state index in [-0.39, 0.29) is 0 Å². The molecule has 0 bridgehead atoms. The molecular weight excluding hydrogens is 478 g/mol. The van der Waals surface area contributed by atoms with Gasteiger partial charge in [0.2, 0.25) is 0 Å². The lowest BCUT2D eigenvalue weighted by molar-refractivity contribution is 1.18. The predicted molar refractivity (Wildman–Crippen MR) is 154 cm³/mol. The third-order valence-electron chi connectivity index (χ3n) is 6.93. The minimum absolute atomic E-state index is 0.406. The third kappa shape index (κ3) is 3.60. The molecule has 0 saturated carbocycles. The van der Waals surface area contributed by atoms with E-state index in [4.69, 9.17) is 13.1 Å². The first-order valence-electron chi connectivity index (χ1n) is 12.1. The zero-order chi connectivity index (χ0) is 26.9. The molecule has 0 aliphatic heterocycles. The zero-order valence-corrected chi connectivity index (χ0v) is 20.6. The van der Waals surface area contributed by atoms with Crippen LogP contribution in [0.5, 0.6) is 0 Å². The largest absolute Gasteiger partial charge is 0.309 e. The lowest BCUT2D eigenvalue weighted by Crippen LogP contribution is -1.93. The fourth-order valence-corrected chi connectivity index (χ4v) is 5.33. The molecule has 0 saturated heterocycles. The number of rotatable bonds is 3. The Morgan fingerprint density at radius 3 is 1.92 bits per heavy atom. The van der Waals surface area contributed by atoms with E-state index in [2.05, 4.69) is 26.4 Å². The maximum atomic E-state index is 9.96. The number of hydrogen-bond acceptors (Lipinski definition) is 2. The topological polar surface area (TPSA) is 61.2 Å². The van der Waals surface area contributed by atoms with Crippen LogP contribution < -0.4 is 0 Å². The summed E-state index contributed by atoms with van der Waals surface area (Å²) in [5.41, 5.74) is 7.23. The Morgan fingerprint density at radius 1 is 0.615 bits per heavy atom. The van der Waals surface area contributed by atoms with Crippen LogP contribution in [0.4, 0.5) is 11.4 Å². The molecule has 5 nitrogen and oxygen atoms in total. The van der Waals surface area contributed by atoms with Gasteiger partial charge in [-0.2, -0.15) is 10.5 Å². The van der Waals surface area contributed by atoms with Crippen molar-refractivity contribution in [2.75, 3.05) is 0 Å². The highest BCUT2D eigenvalue weighted by molar-refractivity contribution is 6.18. The summed E-state index contributed by atoms with van der Waals surface area (Å²) in [5.74, 6) is 0. The van der Waals surface area contributed by atoms with E-state index in [1.807, 2.05) is 66.7 Å². The van der Waals surface area contributed by atoms with Gasteiger partial charge in [-0.15, -0.1) is 0 Å². The lowest BCUT2D eigenvalue weighted by Gasteiger charge is -2.10. The molecule has 0 N–H and O–H groups in total. The molecule has 0 amide bonds. The average molecular weight is 496 g/mol. The molecule has 0 radical (unpaired) electrons. The van der Waals surface area contributed by atoms with E-state index < -0.39 is 0 Å². The van der Waals surface area contributed by atoms with E-state index in [0.717, 1.165) is 38.6 Å². The van der Waals surface area contributed by atoms with Crippen LogP contribution in [-0.2, 0) is 0 Å². The molecule has 178 valence electrons.